The third-order valence-electron chi connectivity index (χ3n) is 2.83. The van der Waals surface area contributed by atoms with Gasteiger partial charge < -0.3 is 19.9 Å². The van der Waals surface area contributed by atoms with Crippen LogP contribution in [0, 0.1) is 0 Å². The van der Waals surface area contributed by atoms with Gasteiger partial charge in [-0.25, -0.2) is 4.79 Å². The second-order valence-corrected chi connectivity index (χ2v) is 6.11. The Kier molecular flexibility index (Phi) is 9.25. The molecule has 0 spiro atoms. The fourth-order valence-corrected chi connectivity index (χ4v) is 1.82. The highest BCUT2D eigenvalue weighted by Gasteiger charge is 2.32. The number of hydrogen-bond donors (Lipinski definition) is 1. The average Bonchev–Trinajstić information content (AvgIpc) is 2.49. The summed E-state index contributed by atoms with van der Waals surface area (Å²) in [5.41, 5.74) is 4.64. The number of carbonyl (C=O) groups excluding carboxylic acids is 4. The van der Waals surface area contributed by atoms with Crippen LogP contribution in [0.3, 0.4) is 0 Å². The predicted molar refractivity (Wildman–Crippen MR) is 88.3 cm³/mol. The molecule has 0 fully saturated rings. The zero-order chi connectivity index (χ0) is 19.6. The van der Waals surface area contributed by atoms with Gasteiger partial charge in [0.05, 0.1) is 7.11 Å². The van der Waals surface area contributed by atoms with Crippen LogP contribution in [0.25, 0.3) is 0 Å². The lowest BCUT2D eigenvalue weighted by atomic mass is 10.1. The van der Waals surface area contributed by atoms with E-state index >= 15 is 0 Å². The molecule has 2 N–H and O–H groups in total. The van der Waals surface area contributed by atoms with Crippen molar-refractivity contribution in [2.45, 2.75) is 45.3 Å². The Hall–Kier alpha value is -2.58. The van der Waals surface area contributed by atoms with E-state index < -0.39 is 42.1 Å². The van der Waals surface area contributed by atoms with Gasteiger partial charge in [0, 0.05) is 6.42 Å². The molecule has 0 aromatic carbocycles. The van der Waals surface area contributed by atoms with Gasteiger partial charge in [-0.15, -0.1) is 0 Å². The molecule has 0 radical (unpaired) electrons. The van der Waals surface area contributed by atoms with Gasteiger partial charge >= 0.3 is 18.0 Å². The molecule has 25 heavy (non-hydrogen) atoms. The number of nitrogens with two attached hydrogens (primary N) is 1. The van der Waals surface area contributed by atoms with Crippen LogP contribution in [0.4, 0.5) is 4.79 Å². The molecular formula is C16H26N2O7. The van der Waals surface area contributed by atoms with Crippen LogP contribution < -0.4 is 5.73 Å². The van der Waals surface area contributed by atoms with E-state index in [0.29, 0.717) is 0 Å². The van der Waals surface area contributed by atoms with Crippen molar-refractivity contribution in [3.63, 3.8) is 0 Å². The van der Waals surface area contributed by atoms with Crippen molar-refractivity contribution in [3.8, 4) is 0 Å². The number of carbonyl (C=O) groups is 4. The number of hydrogen-bond acceptors (Lipinski definition) is 7. The van der Waals surface area contributed by atoms with Crippen molar-refractivity contribution in [2.24, 2.45) is 5.73 Å². The lowest BCUT2D eigenvalue weighted by Crippen LogP contribution is -2.50. The number of rotatable bonds is 9. The van der Waals surface area contributed by atoms with E-state index in [1.165, 1.54) is 6.08 Å². The van der Waals surface area contributed by atoms with Crippen molar-refractivity contribution >= 4 is 23.9 Å². The second-order valence-electron chi connectivity index (χ2n) is 6.11. The average molecular weight is 358 g/mol. The molecule has 0 aliphatic carbocycles. The third kappa shape index (κ3) is 9.33. The smallest absolute Gasteiger partial charge is 0.411 e. The first kappa shape index (κ1) is 22.4. The first-order chi connectivity index (χ1) is 11.5. The van der Waals surface area contributed by atoms with Crippen LogP contribution in [-0.4, -0.2) is 60.7 Å². The van der Waals surface area contributed by atoms with Crippen molar-refractivity contribution in [1.29, 1.82) is 0 Å². The van der Waals surface area contributed by atoms with E-state index in [1.807, 2.05) is 0 Å². The molecule has 0 aliphatic heterocycles. The maximum atomic E-state index is 12.1. The minimum atomic E-state index is -1.23. The fraction of sp³-hybridized carbons (Fsp3) is 0.625. The van der Waals surface area contributed by atoms with E-state index in [4.69, 9.17) is 15.2 Å². The molecule has 0 saturated carbocycles. The fourth-order valence-electron chi connectivity index (χ4n) is 1.82. The van der Waals surface area contributed by atoms with Crippen LogP contribution in [0.2, 0.25) is 0 Å². The normalized spacial score (nSPS) is 11.8. The molecule has 0 saturated heterocycles. The molecule has 0 aromatic heterocycles. The van der Waals surface area contributed by atoms with Crippen LogP contribution in [0.15, 0.2) is 12.7 Å². The Morgan fingerprint density at radius 1 is 1.20 bits per heavy atom. The summed E-state index contributed by atoms with van der Waals surface area (Å²) in [5.74, 6) is -2.21. The molecular weight excluding hydrogens is 332 g/mol. The van der Waals surface area contributed by atoms with E-state index in [9.17, 15) is 19.2 Å². The quantitative estimate of drug-likeness (QED) is 0.366. The highest BCUT2D eigenvalue weighted by molar-refractivity contribution is 5.87. The number of esters is 2. The summed E-state index contributed by atoms with van der Waals surface area (Å²) >= 11 is 0. The van der Waals surface area contributed by atoms with Crippen molar-refractivity contribution in [3.05, 3.63) is 12.7 Å². The third-order valence-corrected chi connectivity index (χ3v) is 2.83. The number of nitrogens with zero attached hydrogens (tertiary/aromatic N) is 1. The van der Waals surface area contributed by atoms with Gasteiger partial charge in [0.2, 0.25) is 5.91 Å². The molecule has 0 aromatic rings. The van der Waals surface area contributed by atoms with Crippen molar-refractivity contribution in [1.82, 2.24) is 4.90 Å². The zero-order valence-electron chi connectivity index (χ0n) is 15.1. The van der Waals surface area contributed by atoms with Gasteiger partial charge in [-0.2, -0.15) is 0 Å². The summed E-state index contributed by atoms with van der Waals surface area (Å²) in [4.78, 5) is 48.0. The van der Waals surface area contributed by atoms with Crippen molar-refractivity contribution < 1.29 is 33.4 Å². The molecule has 0 aliphatic rings. The molecule has 0 bridgehead atoms. The predicted octanol–water partition coefficient (Wildman–Crippen LogP) is 0.760. The van der Waals surface area contributed by atoms with Crippen molar-refractivity contribution in [2.75, 3.05) is 20.3 Å². The topological polar surface area (TPSA) is 125 Å². The minimum Gasteiger partial charge on any atom is -0.468 e. The lowest BCUT2D eigenvalue weighted by Gasteiger charge is -2.28. The summed E-state index contributed by atoms with van der Waals surface area (Å²) in [5, 5.41) is 0. The Bertz CT molecular complexity index is 511. The molecule has 9 heteroatoms. The maximum absolute atomic E-state index is 12.1. The zero-order valence-corrected chi connectivity index (χ0v) is 15.1. The number of primary amides is 1. The molecule has 0 unspecified atom stereocenters. The largest absolute Gasteiger partial charge is 0.468 e. The Morgan fingerprint density at radius 3 is 2.24 bits per heavy atom. The highest BCUT2D eigenvalue weighted by Crippen LogP contribution is 2.14. The summed E-state index contributed by atoms with van der Waals surface area (Å²) in [7, 11) is 1.13. The Balaban J connectivity index is 5.16. The minimum absolute atomic E-state index is 0.117. The first-order valence-corrected chi connectivity index (χ1v) is 7.64. The summed E-state index contributed by atoms with van der Waals surface area (Å²) in [6.45, 7) is 7.84. The van der Waals surface area contributed by atoms with Gasteiger partial charge in [0.1, 0.15) is 24.8 Å². The number of ether oxygens (including phenoxy) is 3. The van der Waals surface area contributed by atoms with Crippen LogP contribution in [0.5, 0.6) is 0 Å². The Labute approximate surface area is 147 Å². The SMILES string of the molecule is C=CCOC(=O)N(CC(=O)OC)[C@@H](CCC(=O)OC(C)(C)C)C(N)=O. The molecule has 2 amide bonds. The highest BCUT2D eigenvalue weighted by atomic mass is 16.6. The van der Waals surface area contributed by atoms with Gasteiger partial charge in [-0.3, -0.25) is 19.3 Å². The monoisotopic (exact) mass is 358 g/mol. The number of amides is 2. The molecule has 0 rings (SSSR count). The van der Waals surface area contributed by atoms with E-state index in [2.05, 4.69) is 11.3 Å². The molecule has 1 atom stereocenters. The van der Waals surface area contributed by atoms with E-state index in [-0.39, 0.29) is 19.4 Å². The van der Waals surface area contributed by atoms with Gasteiger partial charge in [-0.1, -0.05) is 12.7 Å². The van der Waals surface area contributed by atoms with Gasteiger partial charge in [0.15, 0.2) is 0 Å². The van der Waals surface area contributed by atoms with E-state index in [0.717, 1.165) is 12.0 Å². The second kappa shape index (κ2) is 10.3. The Morgan fingerprint density at radius 2 is 1.80 bits per heavy atom. The summed E-state index contributed by atoms with van der Waals surface area (Å²) < 4.78 is 14.5. The lowest BCUT2D eigenvalue weighted by molar-refractivity contribution is -0.155. The molecule has 0 heterocycles. The summed E-state index contributed by atoms with van der Waals surface area (Å²) in [6, 6.07) is -1.23. The van der Waals surface area contributed by atoms with Crippen LogP contribution in [0.1, 0.15) is 33.6 Å². The summed E-state index contributed by atoms with van der Waals surface area (Å²) in [6.07, 6.45) is 0.0916. The first-order valence-electron chi connectivity index (χ1n) is 7.64. The van der Waals surface area contributed by atoms with Gasteiger partial charge in [-0.05, 0) is 27.2 Å². The van der Waals surface area contributed by atoms with Gasteiger partial charge in [0.25, 0.3) is 0 Å². The van der Waals surface area contributed by atoms with Crippen LogP contribution >= 0.6 is 0 Å². The molecule has 9 nitrogen and oxygen atoms in total. The standard InChI is InChI=1S/C16H26N2O7/c1-6-9-24-15(22)18(10-13(20)23-5)11(14(17)21)7-8-12(19)25-16(2,3)4/h6,11H,1,7-10H2,2-5H3,(H2,17,21)/t11-/m0/s1. The van der Waals surface area contributed by atoms with Crippen LogP contribution in [-0.2, 0) is 28.6 Å². The van der Waals surface area contributed by atoms with E-state index in [1.54, 1.807) is 20.8 Å². The number of methoxy groups -OCH3 is 1. The molecule has 142 valence electrons. The maximum Gasteiger partial charge on any atom is 0.411 e.